The van der Waals surface area contributed by atoms with E-state index in [9.17, 15) is 9.59 Å². The lowest BCUT2D eigenvalue weighted by molar-refractivity contribution is -0.131. The van der Waals surface area contributed by atoms with Gasteiger partial charge in [-0.05, 0) is 24.3 Å². The second kappa shape index (κ2) is 5.70. The van der Waals surface area contributed by atoms with Crippen LogP contribution in [0.4, 0.5) is 0 Å². The molecule has 0 amide bonds. The number of rotatable bonds is 4. The summed E-state index contributed by atoms with van der Waals surface area (Å²) in [5.41, 5.74) is 0.642. The number of hydrogen-bond donors (Lipinski definition) is 0. The first kappa shape index (κ1) is 12.0. The monoisotopic (exact) mass is 220 g/mol. The molecular weight excluding hydrogens is 208 g/mol. The van der Waals surface area contributed by atoms with Crippen molar-refractivity contribution >= 4 is 18.3 Å². The van der Waals surface area contributed by atoms with Gasteiger partial charge in [0, 0.05) is 18.6 Å². The number of methoxy groups -OCH3 is 1. The summed E-state index contributed by atoms with van der Waals surface area (Å²) in [6, 6.07) is 5.01. The fourth-order valence-corrected chi connectivity index (χ4v) is 1.17. The molecule has 0 radical (unpaired) electrons. The van der Waals surface area contributed by atoms with E-state index in [2.05, 4.69) is 0 Å². The Balaban J connectivity index is 3.09. The molecule has 0 aliphatic heterocycles. The number of carbonyl (C=O) groups is 2. The van der Waals surface area contributed by atoms with Gasteiger partial charge in [0.05, 0.1) is 7.11 Å². The number of aldehydes is 1. The van der Waals surface area contributed by atoms with Crippen molar-refractivity contribution in [2.24, 2.45) is 0 Å². The molecule has 84 valence electrons. The molecule has 0 bridgehead atoms. The van der Waals surface area contributed by atoms with E-state index in [1.54, 1.807) is 24.3 Å². The standard InChI is InChI=1S/C12H12O4/c1-9(14)16-12-8-11(15-2)6-5-10(12)4-3-7-13/h3-8H,1-2H3/b4-3-. The maximum absolute atomic E-state index is 10.9. The molecular formula is C12H12O4. The van der Waals surface area contributed by atoms with E-state index < -0.39 is 5.97 Å². The molecule has 0 N–H and O–H groups in total. The van der Waals surface area contributed by atoms with Crippen molar-refractivity contribution in [3.8, 4) is 11.5 Å². The summed E-state index contributed by atoms with van der Waals surface area (Å²) in [7, 11) is 1.52. The van der Waals surface area contributed by atoms with Crippen LogP contribution in [0.3, 0.4) is 0 Å². The molecule has 0 aromatic heterocycles. The third-order valence-electron chi connectivity index (χ3n) is 1.83. The van der Waals surface area contributed by atoms with E-state index in [0.29, 0.717) is 23.3 Å². The van der Waals surface area contributed by atoms with Gasteiger partial charge in [-0.25, -0.2) is 0 Å². The largest absolute Gasteiger partial charge is 0.497 e. The fourth-order valence-electron chi connectivity index (χ4n) is 1.17. The molecule has 0 atom stereocenters. The van der Waals surface area contributed by atoms with Crippen LogP contribution in [0.5, 0.6) is 11.5 Å². The van der Waals surface area contributed by atoms with Crippen LogP contribution in [0.2, 0.25) is 0 Å². The predicted octanol–water partition coefficient (Wildman–Crippen LogP) is 1.83. The summed E-state index contributed by atoms with van der Waals surface area (Å²) in [4.78, 5) is 21.1. The molecule has 0 saturated carbocycles. The van der Waals surface area contributed by atoms with Crippen LogP contribution in [-0.2, 0) is 9.59 Å². The Bertz CT molecular complexity index is 421. The minimum Gasteiger partial charge on any atom is -0.497 e. The highest BCUT2D eigenvalue weighted by Gasteiger charge is 2.05. The smallest absolute Gasteiger partial charge is 0.308 e. The SMILES string of the molecule is COc1ccc(/C=C\C=O)c(OC(C)=O)c1. The van der Waals surface area contributed by atoms with Gasteiger partial charge in [0.25, 0.3) is 0 Å². The van der Waals surface area contributed by atoms with Crippen LogP contribution >= 0.6 is 0 Å². The van der Waals surface area contributed by atoms with Gasteiger partial charge in [-0.15, -0.1) is 0 Å². The molecule has 4 heteroatoms. The number of benzene rings is 1. The third kappa shape index (κ3) is 3.24. The van der Waals surface area contributed by atoms with Crippen molar-refractivity contribution in [2.45, 2.75) is 6.92 Å². The Morgan fingerprint density at radius 1 is 1.38 bits per heavy atom. The van der Waals surface area contributed by atoms with Crippen molar-refractivity contribution in [1.82, 2.24) is 0 Å². The highest BCUT2D eigenvalue weighted by atomic mass is 16.5. The van der Waals surface area contributed by atoms with Crippen LogP contribution < -0.4 is 9.47 Å². The zero-order valence-electron chi connectivity index (χ0n) is 9.10. The maximum Gasteiger partial charge on any atom is 0.308 e. The number of hydrogen-bond acceptors (Lipinski definition) is 4. The summed E-state index contributed by atoms with van der Waals surface area (Å²) < 4.78 is 10.0. The molecule has 0 aliphatic rings. The van der Waals surface area contributed by atoms with Gasteiger partial charge < -0.3 is 9.47 Å². The van der Waals surface area contributed by atoms with Gasteiger partial charge in [0.2, 0.25) is 0 Å². The van der Waals surface area contributed by atoms with Gasteiger partial charge in [-0.2, -0.15) is 0 Å². The Labute approximate surface area is 93.5 Å². The number of ether oxygens (including phenoxy) is 2. The van der Waals surface area contributed by atoms with Gasteiger partial charge in [0.15, 0.2) is 0 Å². The minimum atomic E-state index is -0.422. The lowest BCUT2D eigenvalue weighted by atomic mass is 10.2. The van der Waals surface area contributed by atoms with Crippen LogP contribution in [0, 0.1) is 0 Å². The molecule has 0 spiro atoms. The molecule has 16 heavy (non-hydrogen) atoms. The van der Waals surface area contributed by atoms with E-state index in [4.69, 9.17) is 9.47 Å². The van der Waals surface area contributed by atoms with E-state index in [0.717, 1.165) is 0 Å². The molecule has 4 nitrogen and oxygen atoms in total. The third-order valence-corrected chi connectivity index (χ3v) is 1.83. The highest BCUT2D eigenvalue weighted by Crippen LogP contribution is 2.25. The van der Waals surface area contributed by atoms with Gasteiger partial charge in [-0.1, -0.05) is 0 Å². The molecule has 0 heterocycles. The van der Waals surface area contributed by atoms with Crippen LogP contribution in [-0.4, -0.2) is 19.4 Å². The van der Waals surface area contributed by atoms with E-state index in [-0.39, 0.29) is 0 Å². The number of carbonyl (C=O) groups excluding carboxylic acids is 2. The van der Waals surface area contributed by atoms with Gasteiger partial charge in [0.1, 0.15) is 17.8 Å². The van der Waals surface area contributed by atoms with Gasteiger partial charge >= 0.3 is 5.97 Å². The van der Waals surface area contributed by atoms with E-state index >= 15 is 0 Å². The Morgan fingerprint density at radius 2 is 2.12 bits per heavy atom. The second-order valence-corrected chi connectivity index (χ2v) is 2.99. The zero-order valence-corrected chi connectivity index (χ0v) is 9.10. The molecule has 1 aromatic rings. The Morgan fingerprint density at radius 3 is 2.69 bits per heavy atom. The maximum atomic E-state index is 10.9. The predicted molar refractivity (Wildman–Crippen MR) is 59.4 cm³/mol. The highest BCUT2D eigenvalue weighted by molar-refractivity contribution is 5.77. The van der Waals surface area contributed by atoms with E-state index in [1.807, 2.05) is 0 Å². The Kier molecular flexibility index (Phi) is 4.27. The molecule has 0 aliphatic carbocycles. The van der Waals surface area contributed by atoms with Crippen LogP contribution in [0.25, 0.3) is 6.08 Å². The molecule has 0 unspecified atom stereocenters. The molecule has 0 saturated heterocycles. The van der Waals surface area contributed by atoms with Crippen molar-refractivity contribution in [2.75, 3.05) is 7.11 Å². The summed E-state index contributed by atoms with van der Waals surface area (Å²) >= 11 is 0. The average Bonchev–Trinajstić information content (AvgIpc) is 2.26. The first-order chi connectivity index (χ1) is 7.67. The quantitative estimate of drug-likeness (QED) is 0.336. The van der Waals surface area contributed by atoms with Crippen LogP contribution in [0.15, 0.2) is 24.3 Å². The molecule has 1 rings (SSSR count). The second-order valence-electron chi connectivity index (χ2n) is 2.99. The first-order valence-corrected chi connectivity index (χ1v) is 4.65. The van der Waals surface area contributed by atoms with E-state index in [1.165, 1.54) is 20.1 Å². The molecule has 1 aromatic carbocycles. The lowest BCUT2D eigenvalue weighted by Gasteiger charge is -2.07. The summed E-state index contributed by atoms with van der Waals surface area (Å²) in [5.74, 6) is 0.526. The Hall–Kier alpha value is -2.10. The van der Waals surface area contributed by atoms with Gasteiger partial charge in [-0.3, -0.25) is 9.59 Å². The fraction of sp³-hybridized carbons (Fsp3) is 0.167. The zero-order chi connectivity index (χ0) is 12.0. The normalized spacial score (nSPS) is 10.1. The summed E-state index contributed by atoms with van der Waals surface area (Å²) in [6.07, 6.45) is 3.54. The average molecular weight is 220 g/mol. The molecule has 0 fully saturated rings. The summed E-state index contributed by atoms with van der Waals surface area (Å²) in [5, 5.41) is 0. The topological polar surface area (TPSA) is 52.6 Å². The summed E-state index contributed by atoms with van der Waals surface area (Å²) in [6.45, 7) is 1.31. The minimum absolute atomic E-state index is 0.366. The number of esters is 1. The van der Waals surface area contributed by atoms with Crippen molar-refractivity contribution in [3.05, 3.63) is 29.8 Å². The first-order valence-electron chi connectivity index (χ1n) is 4.65. The van der Waals surface area contributed by atoms with Crippen molar-refractivity contribution < 1.29 is 19.1 Å². The van der Waals surface area contributed by atoms with Crippen molar-refractivity contribution in [1.29, 1.82) is 0 Å². The lowest BCUT2D eigenvalue weighted by Crippen LogP contribution is -2.03. The van der Waals surface area contributed by atoms with Crippen molar-refractivity contribution in [3.63, 3.8) is 0 Å². The van der Waals surface area contributed by atoms with Crippen LogP contribution in [0.1, 0.15) is 12.5 Å². The number of allylic oxidation sites excluding steroid dienone is 1.